The van der Waals surface area contributed by atoms with Crippen molar-refractivity contribution in [2.75, 3.05) is 28.4 Å². The third-order valence-corrected chi connectivity index (χ3v) is 4.01. The maximum atomic E-state index is 12.3. The number of halogens is 1. The number of carbonyl (C=O) groups excluding carboxylic acids is 1. The molecular formula is C16H17BrO5. The molecule has 2 rings (SSSR count). The van der Waals surface area contributed by atoms with Crippen LogP contribution in [-0.4, -0.2) is 34.4 Å². The zero-order valence-corrected chi connectivity index (χ0v) is 14.4. The van der Waals surface area contributed by atoms with Gasteiger partial charge >= 0.3 is 5.97 Å². The van der Waals surface area contributed by atoms with E-state index in [9.17, 15) is 4.79 Å². The van der Waals surface area contributed by atoms with E-state index in [0.29, 0.717) is 39.1 Å². The molecule has 0 unspecified atom stereocenters. The number of fused-ring (bicyclic) bond motifs is 1. The molecule has 0 N–H and O–H groups in total. The number of ether oxygens (including phenoxy) is 4. The molecule has 0 saturated heterocycles. The van der Waals surface area contributed by atoms with Gasteiger partial charge in [-0.15, -0.1) is 0 Å². The Labute approximate surface area is 137 Å². The number of benzene rings is 2. The van der Waals surface area contributed by atoms with E-state index in [1.54, 1.807) is 20.3 Å². The van der Waals surface area contributed by atoms with Crippen molar-refractivity contribution in [3.05, 3.63) is 29.3 Å². The highest BCUT2D eigenvalue weighted by Crippen LogP contribution is 2.45. The number of esters is 1. The Morgan fingerprint density at radius 2 is 1.73 bits per heavy atom. The molecule has 5 nitrogen and oxygen atoms in total. The minimum Gasteiger partial charge on any atom is -0.496 e. The minimum absolute atomic E-state index is 0.329. The van der Waals surface area contributed by atoms with Crippen LogP contribution in [-0.2, 0) is 10.1 Å². The number of hydrogen-bond acceptors (Lipinski definition) is 5. The predicted molar refractivity (Wildman–Crippen MR) is 87.6 cm³/mol. The molecule has 0 spiro atoms. The van der Waals surface area contributed by atoms with Crippen molar-refractivity contribution in [3.63, 3.8) is 0 Å². The molecule has 0 saturated carbocycles. The van der Waals surface area contributed by atoms with Crippen molar-refractivity contribution in [2.45, 2.75) is 5.33 Å². The van der Waals surface area contributed by atoms with Crippen LogP contribution in [0.1, 0.15) is 15.9 Å². The second-order valence-electron chi connectivity index (χ2n) is 4.43. The van der Waals surface area contributed by atoms with Crippen molar-refractivity contribution >= 4 is 32.7 Å². The van der Waals surface area contributed by atoms with Crippen LogP contribution in [0, 0.1) is 0 Å². The van der Waals surface area contributed by atoms with Gasteiger partial charge in [0.05, 0.1) is 33.8 Å². The molecule has 22 heavy (non-hydrogen) atoms. The van der Waals surface area contributed by atoms with Gasteiger partial charge < -0.3 is 18.9 Å². The van der Waals surface area contributed by atoms with E-state index in [0.717, 1.165) is 5.39 Å². The Kier molecular flexibility index (Phi) is 5.13. The zero-order valence-electron chi connectivity index (χ0n) is 12.9. The molecule has 0 aliphatic heterocycles. The highest BCUT2D eigenvalue weighted by Gasteiger charge is 2.27. The molecule has 0 amide bonds. The molecule has 0 atom stereocenters. The Bertz CT molecular complexity index is 711. The van der Waals surface area contributed by atoms with E-state index in [2.05, 4.69) is 15.9 Å². The van der Waals surface area contributed by atoms with Crippen molar-refractivity contribution in [1.29, 1.82) is 0 Å². The van der Waals surface area contributed by atoms with E-state index in [-0.39, 0.29) is 0 Å². The number of carbonyl (C=O) groups is 1. The van der Waals surface area contributed by atoms with Gasteiger partial charge in [0.2, 0.25) is 0 Å². The standard InChI is InChI=1S/C16H17BrO5/c1-19-11-7-5-6-9-12(11)15(21-3)13(16(18)22-4)10(8-17)14(9)20-2/h5-7H,8H2,1-4H3. The van der Waals surface area contributed by atoms with Crippen LogP contribution >= 0.6 is 15.9 Å². The van der Waals surface area contributed by atoms with Gasteiger partial charge in [0.1, 0.15) is 22.8 Å². The van der Waals surface area contributed by atoms with Crippen LogP contribution in [0.15, 0.2) is 18.2 Å². The first-order valence-corrected chi connectivity index (χ1v) is 7.64. The predicted octanol–water partition coefficient (Wildman–Crippen LogP) is 3.55. The van der Waals surface area contributed by atoms with Crippen molar-refractivity contribution < 1.29 is 23.7 Å². The van der Waals surface area contributed by atoms with Crippen LogP contribution in [0.4, 0.5) is 0 Å². The van der Waals surface area contributed by atoms with Crippen LogP contribution in [0.25, 0.3) is 10.8 Å². The fraction of sp³-hybridized carbons (Fsp3) is 0.312. The molecule has 0 aliphatic rings. The normalized spacial score (nSPS) is 10.4. The molecule has 0 bridgehead atoms. The van der Waals surface area contributed by atoms with Gasteiger partial charge in [-0.1, -0.05) is 28.1 Å². The molecule has 2 aromatic rings. The summed E-state index contributed by atoms with van der Waals surface area (Å²) in [4.78, 5) is 12.3. The Morgan fingerprint density at radius 3 is 2.23 bits per heavy atom. The highest BCUT2D eigenvalue weighted by atomic mass is 79.9. The van der Waals surface area contributed by atoms with Crippen molar-refractivity contribution in [3.8, 4) is 17.2 Å². The van der Waals surface area contributed by atoms with Crippen LogP contribution < -0.4 is 14.2 Å². The van der Waals surface area contributed by atoms with Gasteiger partial charge in [-0.25, -0.2) is 4.79 Å². The summed E-state index contributed by atoms with van der Waals surface area (Å²) < 4.78 is 21.4. The number of hydrogen-bond donors (Lipinski definition) is 0. The minimum atomic E-state index is -0.489. The molecule has 118 valence electrons. The molecule has 0 aliphatic carbocycles. The Balaban J connectivity index is 3.06. The molecule has 0 aromatic heterocycles. The number of methoxy groups -OCH3 is 4. The average Bonchev–Trinajstić information content (AvgIpc) is 2.57. The van der Waals surface area contributed by atoms with Crippen molar-refractivity contribution in [2.24, 2.45) is 0 Å². The molecule has 0 radical (unpaired) electrons. The van der Waals surface area contributed by atoms with Gasteiger partial charge in [-0.2, -0.15) is 0 Å². The van der Waals surface area contributed by atoms with E-state index in [4.69, 9.17) is 18.9 Å². The lowest BCUT2D eigenvalue weighted by molar-refractivity contribution is 0.0596. The van der Waals surface area contributed by atoms with E-state index in [1.807, 2.05) is 12.1 Å². The lowest BCUT2D eigenvalue weighted by Crippen LogP contribution is -2.10. The van der Waals surface area contributed by atoms with Gasteiger partial charge in [0, 0.05) is 16.3 Å². The summed E-state index contributed by atoms with van der Waals surface area (Å²) in [5, 5.41) is 1.90. The van der Waals surface area contributed by atoms with E-state index < -0.39 is 5.97 Å². The molecule has 2 aromatic carbocycles. The molecule has 0 fully saturated rings. The summed E-state index contributed by atoms with van der Waals surface area (Å²) in [6.07, 6.45) is 0. The lowest BCUT2D eigenvalue weighted by Gasteiger charge is -2.19. The van der Waals surface area contributed by atoms with Gasteiger partial charge in [0.25, 0.3) is 0 Å². The van der Waals surface area contributed by atoms with Crippen LogP contribution in [0.5, 0.6) is 17.2 Å². The molecule has 6 heteroatoms. The molecule has 0 heterocycles. The van der Waals surface area contributed by atoms with Gasteiger partial charge in [-0.05, 0) is 6.07 Å². The lowest BCUT2D eigenvalue weighted by atomic mass is 9.97. The second-order valence-corrected chi connectivity index (χ2v) is 4.99. The monoisotopic (exact) mass is 368 g/mol. The maximum Gasteiger partial charge on any atom is 0.342 e. The summed E-state index contributed by atoms with van der Waals surface area (Å²) in [6, 6.07) is 5.56. The second kappa shape index (κ2) is 6.87. The SMILES string of the molecule is COC(=O)c1c(CBr)c(OC)c2cccc(OC)c2c1OC. The number of alkyl halides is 1. The smallest absolute Gasteiger partial charge is 0.342 e. The van der Waals surface area contributed by atoms with E-state index in [1.165, 1.54) is 14.2 Å². The first-order valence-electron chi connectivity index (χ1n) is 6.52. The number of rotatable bonds is 5. The van der Waals surface area contributed by atoms with Crippen LogP contribution in [0.2, 0.25) is 0 Å². The van der Waals surface area contributed by atoms with Gasteiger partial charge in [-0.3, -0.25) is 0 Å². The highest BCUT2D eigenvalue weighted by molar-refractivity contribution is 9.08. The fourth-order valence-electron chi connectivity index (χ4n) is 2.55. The Hall–Kier alpha value is -1.95. The quantitative estimate of drug-likeness (QED) is 0.596. The third-order valence-electron chi connectivity index (χ3n) is 3.45. The Morgan fingerprint density at radius 1 is 1.05 bits per heavy atom. The topological polar surface area (TPSA) is 54.0 Å². The summed E-state index contributed by atoms with van der Waals surface area (Å²) in [5.74, 6) is 1.11. The maximum absolute atomic E-state index is 12.3. The van der Waals surface area contributed by atoms with Crippen molar-refractivity contribution in [1.82, 2.24) is 0 Å². The first kappa shape index (κ1) is 16.4. The van der Waals surface area contributed by atoms with Crippen LogP contribution in [0.3, 0.4) is 0 Å². The fourth-order valence-corrected chi connectivity index (χ4v) is 3.08. The largest absolute Gasteiger partial charge is 0.496 e. The summed E-state index contributed by atoms with van der Waals surface area (Å²) in [7, 11) is 5.97. The van der Waals surface area contributed by atoms with Gasteiger partial charge in [0.15, 0.2) is 0 Å². The summed E-state index contributed by atoms with van der Waals surface area (Å²) >= 11 is 3.41. The first-order chi connectivity index (χ1) is 10.6. The zero-order chi connectivity index (χ0) is 16.3. The summed E-state index contributed by atoms with van der Waals surface area (Å²) in [5.41, 5.74) is 1.00. The third kappa shape index (κ3) is 2.47. The van der Waals surface area contributed by atoms with E-state index >= 15 is 0 Å². The average molecular weight is 369 g/mol. The molecular weight excluding hydrogens is 352 g/mol. The summed E-state index contributed by atoms with van der Waals surface area (Å²) in [6.45, 7) is 0.